The fraction of sp³-hybridized carbons (Fsp3) is 0.143. The molecule has 0 fully saturated rings. The van der Waals surface area contributed by atoms with Crippen LogP contribution in [0.3, 0.4) is 0 Å². The topological polar surface area (TPSA) is 137 Å². The van der Waals surface area contributed by atoms with Gasteiger partial charge in [0, 0.05) is 42.1 Å². The third-order valence-electron chi connectivity index (χ3n) is 8.76. The number of pyridine rings is 2. The van der Waals surface area contributed by atoms with Gasteiger partial charge in [0.1, 0.15) is 11.3 Å². The average Bonchev–Trinajstić information content (AvgIpc) is 3.89. The van der Waals surface area contributed by atoms with Crippen molar-refractivity contribution in [3.8, 4) is 22.9 Å². The van der Waals surface area contributed by atoms with Gasteiger partial charge in [0.25, 0.3) is 5.91 Å². The molecule has 1 aliphatic heterocycles. The second kappa shape index (κ2) is 10.8. The van der Waals surface area contributed by atoms with E-state index < -0.39 is 0 Å². The highest BCUT2D eigenvalue weighted by atomic mass is 16.2. The number of nitrogens with two attached hydrogens (primary N) is 1. The highest BCUT2D eigenvalue weighted by molar-refractivity contribution is 6.04. The normalized spacial score (nSPS) is 15.1. The number of nitrogens with one attached hydrogen (secondary N) is 1. The van der Waals surface area contributed by atoms with Gasteiger partial charge in [-0.15, -0.1) is 0 Å². The summed E-state index contributed by atoms with van der Waals surface area (Å²) in [6.07, 6.45) is 8.84. The van der Waals surface area contributed by atoms with Gasteiger partial charge in [0.05, 0.1) is 11.6 Å². The van der Waals surface area contributed by atoms with E-state index in [-0.39, 0.29) is 17.9 Å². The zero-order chi connectivity index (χ0) is 31.4. The SMILES string of the molecule is C=CC(=O)N1CCc2ccc(C(=O)N[C@H]3CCc4cc(-n5c(-c6cccnc6N)nc6ccc(-n7cccn7)nc65)ccc43)cc21. The summed E-state index contributed by atoms with van der Waals surface area (Å²) in [5.41, 5.74) is 13.8. The third kappa shape index (κ3) is 4.52. The van der Waals surface area contributed by atoms with Crippen molar-refractivity contribution >= 4 is 34.5 Å². The van der Waals surface area contributed by atoms with E-state index in [0.29, 0.717) is 46.3 Å². The van der Waals surface area contributed by atoms with E-state index in [1.165, 1.54) is 6.08 Å². The Labute approximate surface area is 264 Å². The Bertz CT molecular complexity index is 2180. The maximum absolute atomic E-state index is 13.4. The number of benzene rings is 2. The zero-order valence-electron chi connectivity index (χ0n) is 24.8. The zero-order valence-corrected chi connectivity index (χ0v) is 24.8. The van der Waals surface area contributed by atoms with Crippen molar-refractivity contribution in [2.45, 2.75) is 25.3 Å². The summed E-state index contributed by atoms with van der Waals surface area (Å²) < 4.78 is 3.71. The molecule has 6 aromatic rings. The predicted octanol–water partition coefficient (Wildman–Crippen LogP) is 4.74. The molecule has 1 aliphatic carbocycles. The van der Waals surface area contributed by atoms with Gasteiger partial charge in [0.2, 0.25) is 5.91 Å². The molecule has 2 aromatic carbocycles. The molecular weight excluding hydrogens is 578 g/mol. The highest BCUT2D eigenvalue weighted by Crippen LogP contribution is 2.36. The molecule has 0 bridgehead atoms. The fourth-order valence-corrected chi connectivity index (χ4v) is 6.51. The number of rotatable bonds is 6. The lowest BCUT2D eigenvalue weighted by atomic mass is 10.1. The molecule has 0 spiro atoms. The summed E-state index contributed by atoms with van der Waals surface area (Å²) in [4.78, 5) is 41.6. The smallest absolute Gasteiger partial charge is 0.251 e. The van der Waals surface area contributed by atoms with Crippen molar-refractivity contribution < 1.29 is 9.59 Å². The first-order valence-corrected chi connectivity index (χ1v) is 15.1. The Kier molecular flexibility index (Phi) is 6.45. The number of hydrogen-bond donors (Lipinski definition) is 2. The number of nitrogens with zero attached hydrogens (tertiary/aromatic N) is 7. The maximum Gasteiger partial charge on any atom is 0.251 e. The number of fused-ring (bicyclic) bond motifs is 3. The van der Waals surface area contributed by atoms with Crippen LogP contribution in [0.1, 0.15) is 39.5 Å². The van der Waals surface area contributed by atoms with E-state index in [2.05, 4.69) is 34.1 Å². The number of amides is 2. The molecule has 2 aliphatic rings. The van der Waals surface area contributed by atoms with Crippen molar-refractivity contribution in [1.29, 1.82) is 0 Å². The van der Waals surface area contributed by atoms with E-state index in [1.54, 1.807) is 28.0 Å². The standard InChI is InChI=1S/C35H29N9O2/c1-2-31(45)42-18-14-21-6-7-23(20-29(21)42)35(46)40-27-11-8-22-19-24(9-10-25(22)27)44-33(26-5-3-15-37-32(26)36)39-28-12-13-30(41-34(28)44)43-17-4-16-38-43/h2-7,9-10,12-13,15-17,19-20,27H,1,8,11,14,18H2,(H2,36,37)(H,40,46)/t27-/m0/s1. The molecule has 0 saturated heterocycles. The first kappa shape index (κ1) is 27.4. The van der Waals surface area contributed by atoms with Crippen LogP contribution in [0, 0.1) is 0 Å². The molecule has 3 N–H and O–H groups in total. The average molecular weight is 608 g/mol. The number of aromatic nitrogens is 6. The first-order valence-electron chi connectivity index (χ1n) is 15.1. The predicted molar refractivity (Wildman–Crippen MR) is 175 cm³/mol. The van der Waals surface area contributed by atoms with Gasteiger partial charge in [-0.2, -0.15) is 5.10 Å². The number of anilines is 2. The van der Waals surface area contributed by atoms with E-state index in [4.69, 9.17) is 15.7 Å². The molecule has 5 heterocycles. The van der Waals surface area contributed by atoms with Crippen LogP contribution in [0.25, 0.3) is 34.1 Å². The monoisotopic (exact) mass is 607 g/mol. The van der Waals surface area contributed by atoms with E-state index in [0.717, 1.165) is 47.3 Å². The van der Waals surface area contributed by atoms with Crippen molar-refractivity contribution in [2.24, 2.45) is 0 Å². The molecule has 8 rings (SSSR count). The van der Waals surface area contributed by atoms with Crippen LogP contribution in [0.15, 0.2) is 98.0 Å². The van der Waals surface area contributed by atoms with Crippen LogP contribution >= 0.6 is 0 Å². The Morgan fingerprint density at radius 1 is 0.978 bits per heavy atom. The molecule has 0 saturated carbocycles. The summed E-state index contributed by atoms with van der Waals surface area (Å²) in [6.45, 7) is 4.20. The first-order chi connectivity index (χ1) is 22.5. The molecule has 11 heteroatoms. The Balaban J connectivity index is 1.14. The molecule has 0 radical (unpaired) electrons. The van der Waals surface area contributed by atoms with Crippen LogP contribution in [0.5, 0.6) is 0 Å². The lowest BCUT2D eigenvalue weighted by Crippen LogP contribution is -2.28. The van der Waals surface area contributed by atoms with Crippen LogP contribution < -0.4 is 16.0 Å². The van der Waals surface area contributed by atoms with E-state index in [9.17, 15) is 9.59 Å². The van der Waals surface area contributed by atoms with E-state index >= 15 is 0 Å². The van der Waals surface area contributed by atoms with Crippen molar-refractivity contribution in [2.75, 3.05) is 17.2 Å². The molecule has 46 heavy (non-hydrogen) atoms. The lowest BCUT2D eigenvalue weighted by molar-refractivity contribution is -0.114. The van der Waals surface area contributed by atoms with Gasteiger partial charge in [-0.05, 0) is 96.6 Å². The van der Waals surface area contributed by atoms with Gasteiger partial charge in [-0.25, -0.2) is 19.6 Å². The number of carbonyl (C=O) groups is 2. The second-order valence-corrected chi connectivity index (χ2v) is 11.4. The summed E-state index contributed by atoms with van der Waals surface area (Å²) >= 11 is 0. The van der Waals surface area contributed by atoms with Crippen molar-refractivity contribution in [1.82, 2.24) is 34.6 Å². The summed E-state index contributed by atoms with van der Waals surface area (Å²) in [5.74, 6) is 1.34. The lowest BCUT2D eigenvalue weighted by Gasteiger charge is -2.18. The van der Waals surface area contributed by atoms with Crippen LogP contribution in [0.4, 0.5) is 11.5 Å². The number of carbonyl (C=O) groups excluding carboxylic acids is 2. The minimum Gasteiger partial charge on any atom is -0.383 e. The number of imidazole rings is 1. The largest absolute Gasteiger partial charge is 0.383 e. The van der Waals surface area contributed by atoms with Crippen LogP contribution in [-0.4, -0.2) is 47.7 Å². The second-order valence-electron chi connectivity index (χ2n) is 11.4. The number of nitrogen functional groups attached to an aromatic ring is 1. The number of hydrogen-bond acceptors (Lipinski definition) is 7. The van der Waals surface area contributed by atoms with Crippen LogP contribution in [0.2, 0.25) is 0 Å². The van der Waals surface area contributed by atoms with Gasteiger partial charge >= 0.3 is 0 Å². The number of aryl methyl sites for hydroxylation is 1. The fourth-order valence-electron chi connectivity index (χ4n) is 6.51. The highest BCUT2D eigenvalue weighted by Gasteiger charge is 2.28. The maximum atomic E-state index is 13.4. The summed E-state index contributed by atoms with van der Waals surface area (Å²) in [5, 5.41) is 7.57. The quantitative estimate of drug-likeness (QED) is 0.261. The molecule has 0 unspecified atom stereocenters. The van der Waals surface area contributed by atoms with Crippen molar-refractivity contribution in [3.05, 3.63) is 120 Å². The molecular formula is C35H29N9O2. The Hall–Kier alpha value is -6.10. The van der Waals surface area contributed by atoms with Gasteiger partial charge < -0.3 is 16.0 Å². The Morgan fingerprint density at radius 2 is 1.89 bits per heavy atom. The van der Waals surface area contributed by atoms with Gasteiger partial charge in [-0.3, -0.25) is 14.2 Å². The summed E-state index contributed by atoms with van der Waals surface area (Å²) in [7, 11) is 0. The third-order valence-corrected chi connectivity index (χ3v) is 8.76. The van der Waals surface area contributed by atoms with Gasteiger partial charge in [0.15, 0.2) is 17.3 Å². The van der Waals surface area contributed by atoms with Gasteiger partial charge in [-0.1, -0.05) is 18.7 Å². The minimum atomic E-state index is -0.173. The molecule has 226 valence electrons. The van der Waals surface area contributed by atoms with Crippen molar-refractivity contribution in [3.63, 3.8) is 0 Å². The molecule has 2 amide bonds. The molecule has 1 atom stereocenters. The van der Waals surface area contributed by atoms with Crippen LogP contribution in [-0.2, 0) is 17.6 Å². The minimum absolute atomic E-state index is 0.145. The Morgan fingerprint density at radius 3 is 2.72 bits per heavy atom. The molecule has 11 nitrogen and oxygen atoms in total. The van der Waals surface area contributed by atoms with E-state index in [1.807, 2.05) is 59.3 Å². The molecule has 4 aromatic heterocycles. The summed E-state index contributed by atoms with van der Waals surface area (Å²) in [6, 6.07) is 21.0.